The molecule has 0 saturated carbocycles. The fourth-order valence-electron chi connectivity index (χ4n) is 1.31. The number of hydrogen-bond acceptors (Lipinski definition) is 1. The molecule has 0 bridgehead atoms. The lowest BCUT2D eigenvalue weighted by atomic mass is 10.0. The van der Waals surface area contributed by atoms with Crippen LogP contribution in [0.1, 0.15) is 16.7 Å². The average molecular weight is 267 g/mol. The Morgan fingerprint density at radius 3 is 2.11 bits per heavy atom. The molecule has 0 fully saturated rings. The summed E-state index contributed by atoms with van der Waals surface area (Å²) in [4.78, 5) is 0. The third-order valence-corrected chi connectivity index (χ3v) is 2.92. The minimum Gasteiger partial charge on any atom is -0.192 e. The maximum Gasteiger partial charge on any atom is 0.418 e. The van der Waals surface area contributed by atoms with E-state index in [9.17, 15) is 13.2 Å². The summed E-state index contributed by atoms with van der Waals surface area (Å²) in [5.74, 6) is 2.58. The maximum absolute atomic E-state index is 12.9. The Kier molecular flexibility index (Phi) is 3.88. The molecular weight excluding hydrogens is 255 g/mol. The van der Waals surface area contributed by atoms with Gasteiger partial charge < -0.3 is 0 Å². The first-order chi connectivity index (χ1) is 8.15. The van der Waals surface area contributed by atoms with Crippen molar-refractivity contribution in [2.24, 2.45) is 0 Å². The molecule has 1 rings (SSSR count). The molecule has 0 N–H and O–H groups in total. The highest BCUT2D eigenvalue weighted by Gasteiger charge is 2.36. The van der Waals surface area contributed by atoms with Crippen LogP contribution in [0, 0.1) is 22.8 Å². The third kappa shape index (κ3) is 3.64. The average Bonchev–Trinajstić information content (AvgIpc) is 2.23. The van der Waals surface area contributed by atoms with Crippen molar-refractivity contribution in [3.63, 3.8) is 0 Å². The Labute approximate surface area is 105 Å². The van der Waals surface area contributed by atoms with Gasteiger partial charge in [0.2, 0.25) is 0 Å². The molecular formula is C13H12F3NSi. The lowest BCUT2D eigenvalue weighted by Gasteiger charge is -2.11. The van der Waals surface area contributed by atoms with Gasteiger partial charge in [-0.15, -0.1) is 5.54 Å². The van der Waals surface area contributed by atoms with Gasteiger partial charge in [-0.25, -0.2) is 0 Å². The van der Waals surface area contributed by atoms with Crippen LogP contribution >= 0.6 is 0 Å². The van der Waals surface area contributed by atoms with E-state index in [1.54, 1.807) is 6.07 Å². The van der Waals surface area contributed by atoms with Crippen LogP contribution in [0.4, 0.5) is 13.2 Å². The fraction of sp³-hybridized carbons (Fsp3) is 0.308. The van der Waals surface area contributed by atoms with Crippen molar-refractivity contribution in [1.29, 1.82) is 5.26 Å². The second-order valence-electron chi connectivity index (χ2n) is 4.84. The van der Waals surface area contributed by atoms with Crippen molar-refractivity contribution in [2.75, 3.05) is 0 Å². The zero-order chi connectivity index (χ0) is 14.0. The van der Waals surface area contributed by atoms with Crippen molar-refractivity contribution in [2.45, 2.75) is 25.8 Å². The van der Waals surface area contributed by atoms with E-state index in [0.717, 1.165) is 6.07 Å². The molecule has 0 radical (unpaired) electrons. The fourth-order valence-corrected chi connectivity index (χ4v) is 1.82. The number of nitrogens with zero attached hydrogens (tertiary/aromatic N) is 1. The van der Waals surface area contributed by atoms with E-state index in [1.165, 1.54) is 12.1 Å². The zero-order valence-electron chi connectivity index (χ0n) is 10.3. The molecule has 0 spiro atoms. The minimum atomic E-state index is -4.56. The molecule has 5 heteroatoms. The van der Waals surface area contributed by atoms with E-state index in [1.807, 2.05) is 19.6 Å². The van der Waals surface area contributed by atoms with Crippen LogP contribution in [-0.2, 0) is 6.18 Å². The van der Waals surface area contributed by atoms with Gasteiger partial charge in [0, 0.05) is 5.56 Å². The van der Waals surface area contributed by atoms with E-state index in [4.69, 9.17) is 5.26 Å². The number of halogens is 3. The van der Waals surface area contributed by atoms with Crippen LogP contribution in [0.3, 0.4) is 0 Å². The third-order valence-electron chi connectivity index (χ3n) is 2.04. The van der Waals surface area contributed by atoms with Crippen molar-refractivity contribution in [3.05, 3.63) is 34.9 Å². The van der Waals surface area contributed by atoms with Crippen molar-refractivity contribution in [1.82, 2.24) is 0 Å². The molecule has 0 atom stereocenters. The summed E-state index contributed by atoms with van der Waals surface area (Å²) in [6.45, 7) is 5.84. The quantitative estimate of drug-likeness (QED) is 0.518. The Bertz CT molecular complexity index is 551. The maximum atomic E-state index is 12.9. The van der Waals surface area contributed by atoms with E-state index in [2.05, 4.69) is 11.5 Å². The van der Waals surface area contributed by atoms with E-state index >= 15 is 0 Å². The van der Waals surface area contributed by atoms with E-state index in [0.29, 0.717) is 0 Å². The second-order valence-corrected chi connectivity index (χ2v) is 9.59. The summed E-state index contributed by atoms with van der Waals surface area (Å²) in [7, 11) is -1.76. The molecule has 0 aromatic heterocycles. The first kappa shape index (κ1) is 14.3. The molecule has 0 aliphatic heterocycles. The number of benzene rings is 1. The molecule has 0 aliphatic rings. The molecule has 0 amide bonds. The molecule has 1 aromatic carbocycles. The summed E-state index contributed by atoms with van der Waals surface area (Å²) < 4.78 is 38.7. The summed E-state index contributed by atoms with van der Waals surface area (Å²) in [6, 6.07) is 5.44. The van der Waals surface area contributed by atoms with Crippen LogP contribution in [0.15, 0.2) is 18.2 Å². The van der Waals surface area contributed by atoms with Gasteiger partial charge in [-0.3, -0.25) is 0 Å². The van der Waals surface area contributed by atoms with Crippen LogP contribution < -0.4 is 0 Å². The van der Waals surface area contributed by atoms with Gasteiger partial charge in [0.15, 0.2) is 0 Å². The van der Waals surface area contributed by atoms with Crippen LogP contribution in [0.25, 0.3) is 0 Å². The van der Waals surface area contributed by atoms with Gasteiger partial charge in [-0.2, -0.15) is 18.4 Å². The Morgan fingerprint density at radius 2 is 1.67 bits per heavy atom. The molecule has 0 heterocycles. The molecule has 1 nitrogen and oxygen atoms in total. The van der Waals surface area contributed by atoms with Crippen LogP contribution in [-0.4, -0.2) is 8.07 Å². The predicted molar refractivity (Wildman–Crippen MR) is 66.4 cm³/mol. The molecule has 18 heavy (non-hydrogen) atoms. The molecule has 94 valence electrons. The highest BCUT2D eigenvalue weighted by molar-refractivity contribution is 6.83. The predicted octanol–water partition coefficient (Wildman–Crippen LogP) is 3.81. The molecule has 0 aliphatic carbocycles. The number of nitriles is 1. The van der Waals surface area contributed by atoms with Crippen LogP contribution in [0.2, 0.25) is 19.6 Å². The smallest absolute Gasteiger partial charge is 0.192 e. The SMILES string of the molecule is C[Si](C)(C)C#Cc1cccc(C#N)c1C(F)(F)F. The molecule has 1 aromatic rings. The monoisotopic (exact) mass is 267 g/mol. The van der Waals surface area contributed by atoms with Gasteiger partial charge in [0.05, 0.1) is 17.2 Å². The standard InChI is InChI=1S/C13H12F3NSi/c1-18(2,3)8-7-10-5-4-6-11(9-17)12(10)13(14,15)16/h4-6H,1-3H3. The Hall–Kier alpha value is -1.72. The summed E-state index contributed by atoms with van der Waals surface area (Å²) in [6.07, 6.45) is -4.56. The lowest BCUT2D eigenvalue weighted by Crippen LogP contribution is -2.17. The summed E-state index contributed by atoms with van der Waals surface area (Å²) in [5, 5.41) is 8.74. The van der Waals surface area contributed by atoms with E-state index < -0.39 is 19.8 Å². The number of rotatable bonds is 0. The van der Waals surface area contributed by atoms with Gasteiger partial charge in [0.25, 0.3) is 0 Å². The Morgan fingerprint density at radius 1 is 1.11 bits per heavy atom. The number of alkyl halides is 3. The second kappa shape index (κ2) is 4.87. The van der Waals surface area contributed by atoms with Crippen molar-refractivity contribution < 1.29 is 13.2 Å². The first-order valence-corrected chi connectivity index (χ1v) is 8.78. The summed E-state index contributed by atoms with van der Waals surface area (Å²) >= 11 is 0. The molecule has 0 unspecified atom stereocenters. The Balaban J connectivity index is 3.46. The van der Waals surface area contributed by atoms with Gasteiger partial charge in [-0.05, 0) is 12.1 Å². The topological polar surface area (TPSA) is 23.8 Å². The largest absolute Gasteiger partial charge is 0.418 e. The highest BCUT2D eigenvalue weighted by atomic mass is 28.3. The van der Waals surface area contributed by atoms with Gasteiger partial charge in [0.1, 0.15) is 8.07 Å². The van der Waals surface area contributed by atoms with E-state index in [-0.39, 0.29) is 11.1 Å². The first-order valence-electron chi connectivity index (χ1n) is 5.28. The lowest BCUT2D eigenvalue weighted by molar-refractivity contribution is -0.137. The van der Waals surface area contributed by atoms with Gasteiger partial charge in [-0.1, -0.05) is 31.6 Å². The molecule has 0 saturated heterocycles. The minimum absolute atomic E-state index is 0.121. The number of hydrogen-bond donors (Lipinski definition) is 0. The van der Waals surface area contributed by atoms with Crippen molar-refractivity contribution in [3.8, 4) is 17.5 Å². The van der Waals surface area contributed by atoms with Gasteiger partial charge >= 0.3 is 6.18 Å². The van der Waals surface area contributed by atoms with Crippen LogP contribution in [0.5, 0.6) is 0 Å². The highest BCUT2D eigenvalue weighted by Crippen LogP contribution is 2.34. The summed E-state index contributed by atoms with van der Waals surface area (Å²) in [5.41, 5.74) is 1.44. The van der Waals surface area contributed by atoms with Crippen molar-refractivity contribution >= 4 is 8.07 Å². The zero-order valence-corrected chi connectivity index (χ0v) is 11.3. The normalized spacial score (nSPS) is 11.4.